The Hall–Kier alpha value is -1.79. The maximum absolute atomic E-state index is 12.4. The Balaban J connectivity index is 4.63. The molecule has 0 bridgehead atoms. The molecule has 0 aliphatic carbocycles. The molecule has 0 saturated heterocycles. The van der Waals surface area contributed by atoms with Gasteiger partial charge in [-0.25, -0.2) is 4.79 Å². The lowest BCUT2D eigenvalue weighted by Gasteiger charge is -2.23. The lowest BCUT2D eigenvalue weighted by atomic mass is 10.1. The van der Waals surface area contributed by atoms with E-state index in [-0.39, 0.29) is 18.2 Å². The SMILES string of the molecule is CCCCCNC(=O)C[C@@H](NC(=O)OC(C)(C)C)C(=O)NCCCCC. The van der Waals surface area contributed by atoms with Crippen molar-refractivity contribution in [3.8, 4) is 0 Å². The first-order chi connectivity index (χ1) is 12.2. The fourth-order valence-electron chi connectivity index (χ4n) is 2.23. The topological polar surface area (TPSA) is 96.5 Å². The van der Waals surface area contributed by atoms with E-state index in [1.165, 1.54) is 0 Å². The number of ether oxygens (including phenoxy) is 1. The Morgan fingerprint density at radius 2 is 1.42 bits per heavy atom. The van der Waals surface area contributed by atoms with Crippen LogP contribution in [0.1, 0.15) is 79.6 Å². The average molecular weight is 372 g/mol. The molecule has 7 nitrogen and oxygen atoms in total. The smallest absolute Gasteiger partial charge is 0.408 e. The summed E-state index contributed by atoms with van der Waals surface area (Å²) >= 11 is 0. The van der Waals surface area contributed by atoms with Crippen molar-refractivity contribution in [2.75, 3.05) is 13.1 Å². The molecule has 3 N–H and O–H groups in total. The van der Waals surface area contributed by atoms with E-state index >= 15 is 0 Å². The highest BCUT2D eigenvalue weighted by Gasteiger charge is 2.26. The second-order valence-corrected chi connectivity index (χ2v) is 7.46. The molecule has 0 rings (SSSR count). The van der Waals surface area contributed by atoms with Crippen LogP contribution in [0.3, 0.4) is 0 Å². The van der Waals surface area contributed by atoms with Gasteiger partial charge in [-0.3, -0.25) is 9.59 Å². The number of unbranched alkanes of at least 4 members (excludes halogenated alkanes) is 4. The lowest BCUT2D eigenvalue weighted by molar-refractivity contribution is -0.128. The Bertz CT molecular complexity index is 433. The number of alkyl carbamates (subject to hydrolysis) is 1. The van der Waals surface area contributed by atoms with E-state index in [1.54, 1.807) is 20.8 Å². The monoisotopic (exact) mass is 371 g/mol. The highest BCUT2D eigenvalue weighted by atomic mass is 16.6. The van der Waals surface area contributed by atoms with Gasteiger partial charge < -0.3 is 20.7 Å². The van der Waals surface area contributed by atoms with Crippen LogP contribution in [0.15, 0.2) is 0 Å². The molecule has 7 heteroatoms. The third-order valence-electron chi connectivity index (χ3n) is 3.58. The fraction of sp³-hybridized carbons (Fsp3) is 0.842. The van der Waals surface area contributed by atoms with Crippen molar-refractivity contribution < 1.29 is 19.1 Å². The summed E-state index contributed by atoms with van der Waals surface area (Å²) in [5.74, 6) is -0.624. The minimum atomic E-state index is -0.947. The van der Waals surface area contributed by atoms with Crippen molar-refractivity contribution in [1.82, 2.24) is 16.0 Å². The van der Waals surface area contributed by atoms with Crippen molar-refractivity contribution in [1.29, 1.82) is 0 Å². The number of hydrogen-bond acceptors (Lipinski definition) is 4. The quantitative estimate of drug-likeness (QED) is 0.460. The molecule has 0 radical (unpaired) electrons. The molecule has 0 aliphatic rings. The molecule has 0 aromatic heterocycles. The normalized spacial score (nSPS) is 12.2. The Morgan fingerprint density at radius 3 is 1.92 bits per heavy atom. The van der Waals surface area contributed by atoms with Crippen molar-refractivity contribution in [2.45, 2.75) is 91.2 Å². The first kappa shape index (κ1) is 24.2. The molecule has 1 atom stereocenters. The van der Waals surface area contributed by atoms with Gasteiger partial charge in [0.2, 0.25) is 11.8 Å². The molecule has 0 heterocycles. The van der Waals surface area contributed by atoms with Crippen LogP contribution in [-0.4, -0.2) is 42.6 Å². The molecule has 3 amide bonds. The third-order valence-corrected chi connectivity index (χ3v) is 3.58. The zero-order valence-corrected chi connectivity index (χ0v) is 17.1. The summed E-state index contributed by atoms with van der Waals surface area (Å²) in [6.45, 7) is 10.5. The molecule has 0 aliphatic heterocycles. The van der Waals surface area contributed by atoms with Crippen LogP contribution in [0, 0.1) is 0 Å². The van der Waals surface area contributed by atoms with E-state index < -0.39 is 17.7 Å². The summed E-state index contributed by atoms with van der Waals surface area (Å²) in [6, 6.07) is -0.947. The van der Waals surface area contributed by atoms with E-state index in [9.17, 15) is 14.4 Å². The molecule has 26 heavy (non-hydrogen) atoms. The van der Waals surface area contributed by atoms with Crippen molar-refractivity contribution in [3.05, 3.63) is 0 Å². The van der Waals surface area contributed by atoms with E-state index in [1.807, 2.05) is 0 Å². The molecule has 0 fully saturated rings. The van der Waals surface area contributed by atoms with Crippen LogP contribution in [0.25, 0.3) is 0 Å². The summed E-state index contributed by atoms with van der Waals surface area (Å²) in [5, 5.41) is 8.08. The number of carbonyl (C=O) groups excluding carboxylic acids is 3. The van der Waals surface area contributed by atoms with Gasteiger partial charge in [0.1, 0.15) is 11.6 Å². The predicted molar refractivity (Wildman–Crippen MR) is 103 cm³/mol. The maximum Gasteiger partial charge on any atom is 0.408 e. The highest BCUT2D eigenvalue weighted by molar-refractivity contribution is 5.90. The van der Waals surface area contributed by atoms with E-state index in [0.717, 1.165) is 38.5 Å². The van der Waals surface area contributed by atoms with Gasteiger partial charge in [0.15, 0.2) is 0 Å². The molecule has 0 spiro atoms. The third kappa shape index (κ3) is 13.5. The maximum atomic E-state index is 12.4. The average Bonchev–Trinajstić information content (AvgIpc) is 2.53. The van der Waals surface area contributed by atoms with Crippen LogP contribution in [0.2, 0.25) is 0 Å². The minimum absolute atomic E-state index is 0.106. The Morgan fingerprint density at radius 1 is 0.885 bits per heavy atom. The Kier molecular flexibility index (Phi) is 12.5. The number of amides is 3. The van der Waals surface area contributed by atoms with Gasteiger partial charge in [-0.2, -0.15) is 0 Å². The number of hydrogen-bond donors (Lipinski definition) is 3. The molecule has 0 aromatic rings. The molecule has 0 aromatic carbocycles. The van der Waals surface area contributed by atoms with Gasteiger partial charge in [0, 0.05) is 13.1 Å². The van der Waals surface area contributed by atoms with Crippen LogP contribution in [-0.2, 0) is 14.3 Å². The summed E-state index contributed by atoms with van der Waals surface area (Å²) in [7, 11) is 0. The van der Waals surface area contributed by atoms with Crippen LogP contribution >= 0.6 is 0 Å². The highest BCUT2D eigenvalue weighted by Crippen LogP contribution is 2.07. The van der Waals surface area contributed by atoms with E-state index in [4.69, 9.17) is 4.74 Å². The van der Waals surface area contributed by atoms with Gasteiger partial charge in [-0.15, -0.1) is 0 Å². The van der Waals surface area contributed by atoms with Gasteiger partial charge in [-0.1, -0.05) is 39.5 Å². The van der Waals surface area contributed by atoms with Crippen molar-refractivity contribution in [2.24, 2.45) is 0 Å². The summed E-state index contributed by atoms with van der Waals surface area (Å²) in [4.78, 5) is 36.4. The molecular formula is C19H37N3O4. The molecule has 0 unspecified atom stereocenters. The largest absolute Gasteiger partial charge is 0.444 e. The van der Waals surface area contributed by atoms with Crippen molar-refractivity contribution >= 4 is 17.9 Å². The first-order valence-electron chi connectivity index (χ1n) is 9.73. The van der Waals surface area contributed by atoms with Crippen LogP contribution < -0.4 is 16.0 Å². The summed E-state index contributed by atoms with van der Waals surface area (Å²) < 4.78 is 5.19. The zero-order valence-electron chi connectivity index (χ0n) is 17.1. The minimum Gasteiger partial charge on any atom is -0.444 e. The number of rotatable bonds is 12. The van der Waals surface area contributed by atoms with E-state index in [2.05, 4.69) is 29.8 Å². The predicted octanol–water partition coefficient (Wildman–Crippen LogP) is 2.88. The number of nitrogens with one attached hydrogen (secondary N) is 3. The molecular weight excluding hydrogens is 334 g/mol. The summed E-state index contributed by atoms with van der Waals surface area (Å²) in [6.07, 6.45) is 5.13. The van der Waals surface area contributed by atoms with Gasteiger partial charge in [-0.05, 0) is 33.6 Å². The van der Waals surface area contributed by atoms with Gasteiger partial charge in [0.05, 0.1) is 6.42 Å². The fourth-order valence-corrected chi connectivity index (χ4v) is 2.23. The Labute approximate surface area is 158 Å². The van der Waals surface area contributed by atoms with Crippen molar-refractivity contribution in [3.63, 3.8) is 0 Å². The molecule has 152 valence electrons. The zero-order chi connectivity index (χ0) is 20.0. The molecule has 0 saturated carbocycles. The summed E-state index contributed by atoms with van der Waals surface area (Å²) in [5.41, 5.74) is -0.672. The number of carbonyl (C=O) groups is 3. The second kappa shape index (κ2) is 13.4. The van der Waals surface area contributed by atoms with Gasteiger partial charge >= 0.3 is 6.09 Å². The first-order valence-corrected chi connectivity index (χ1v) is 9.73. The van der Waals surface area contributed by atoms with Crippen LogP contribution in [0.5, 0.6) is 0 Å². The van der Waals surface area contributed by atoms with Crippen LogP contribution in [0.4, 0.5) is 4.79 Å². The van der Waals surface area contributed by atoms with Gasteiger partial charge in [0.25, 0.3) is 0 Å². The second-order valence-electron chi connectivity index (χ2n) is 7.46. The standard InChI is InChI=1S/C19H37N3O4/c1-6-8-10-12-20-16(23)14-15(17(24)21-13-11-9-7-2)22-18(25)26-19(3,4)5/h15H,6-14H2,1-5H3,(H,20,23)(H,21,24)(H,22,25)/t15-/m1/s1. The lowest BCUT2D eigenvalue weighted by Crippen LogP contribution is -2.50. The van der Waals surface area contributed by atoms with E-state index in [0.29, 0.717) is 13.1 Å².